The molecule has 0 spiro atoms. The number of methoxy groups -OCH3 is 1. The highest BCUT2D eigenvalue weighted by atomic mass is 16.5. The first-order valence-corrected chi connectivity index (χ1v) is 7.47. The number of rotatable bonds is 6. The second-order valence-corrected chi connectivity index (χ2v) is 5.65. The maximum absolute atomic E-state index is 12.4. The molecule has 7 nitrogen and oxygen atoms in total. The van der Waals surface area contributed by atoms with Crippen molar-refractivity contribution in [2.45, 2.75) is 32.5 Å². The van der Waals surface area contributed by atoms with Gasteiger partial charge < -0.3 is 20.4 Å². The van der Waals surface area contributed by atoms with Crippen LogP contribution in [0.2, 0.25) is 0 Å². The van der Waals surface area contributed by atoms with Crippen LogP contribution in [-0.4, -0.2) is 46.6 Å². The number of carbonyl (C=O) groups excluding carboxylic acids is 1. The van der Waals surface area contributed by atoms with E-state index in [-0.39, 0.29) is 30.7 Å². The molecule has 0 saturated carbocycles. The molecule has 1 unspecified atom stereocenters. The first-order chi connectivity index (χ1) is 10.9. The van der Waals surface area contributed by atoms with Gasteiger partial charge in [-0.3, -0.25) is 9.59 Å². The number of nitrogens with one attached hydrogen (secondary N) is 1. The Bertz CT molecular complexity index is 741. The lowest BCUT2D eigenvalue weighted by molar-refractivity contribution is -0.136. The van der Waals surface area contributed by atoms with Crippen molar-refractivity contribution < 1.29 is 9.53 Å². The van der Waals surface area contributed by atoms with Crippen molar-refractivity contribution >= 4 is 16.8 Å². The molecule has 1 aromatic carbocycles. The quantitative estimate of drug-likeness (QED) is 0.813. The largest absolute Gasteiger partial charge is 0.383 e. The standard InChI is InChI=1S/C16H22N4O3/c1-10(2)20(16(22)12(17)9-23-3)8-14-18-13-7-5-4-6-11(13)15(21)19-14/h4-7,10,12H,8-9,17H2,1-3H3,(H,18,19,21). The molecule has 1 atom stereocenters. The van der Waals surface area contributed by atoms with Gasteiger partial charge in [0.15, 0.2) is 0 Å². The van der Waals surface area contributed by atoms with Gasteiger partial charge >= 0.3 is 0 Å². The Morgan fingerprint density at radius 2 is 2.09 bits per heavy atom. The number of ether oxygens (including phenoxy) is 1. The number of benzene rings is 1. The van der Waals surface area contributed by atoms with Crippen LogP contribution in [0.25, 0.3) is 10.9 Å². The van der Waals surface area contributed by atoms with Crippen LogP contribution in [0.4, 0.5) is 0 Å². The summed E-state index contributed by atoms with van der Waals surface area (Å²) in [5.74, 6) is 0.193. The summed E-state index contributed by atoms with van der Waals surface area (Å²) in [6.45, 7) is 4.10. The average Bonchev–Trinajstić information content (AvgIpc) is 2.52. The van der Waals surface area contributed by atoms with Gasteiger partial charge in [-0.1, -0.05) is 12.1 Å². The normalized spacial score (nSPS) is 12.6. The van der Waals surface area contributed by atoms with Gasteiger partial charge in [-0.05, 0) is 26.0 Å². The zero-order valence-electron chi connectivity index (χ0n) is 13.6. The number of H-pyrrole nitrogens is 1. The summed E-state index contributed by atoms with van der Waals surface area (Å²) < 4.78 is 4.94. The number of nitrogens with two attached hydrogens (primary N) is 1. The minimum atomic E-state index is -0.741. The third kappa shape index (κ3) is 3.94. The summed E-state index contributed by atoms with van der Waals surface area (Å²) in [5.41, 5.74) is 6.21. The van der Waals surface area contributed by atoms with Gasteiger partial charge in [0.2, 0.25) is 5.91 Å². The van der Waals surface area contributed by atoms with E-state index >= 15 is 0 Å². The van der Waals surface area contributed by atoms with Gasteiger partial charge in [0.1, 0.15) is 11.9 Å². The number of fused-ring (bicyclic) bond motifs is 1. The molecular weight excluding hydrogens is 296 g/mol. The third-order valence-electron chi connectivity index (χ3n) is 3.55. The van der Waals surface area contributed by atoms with E-state index in [1.165, 1.54) is 7.11 Å². The van der Waals surface area contributed by atoms with E-state index in [9.17, 15) is 9.59 Å². The molecule has 23 heavy (non-hydrogen) atoms. The van der Waals surface area contributed by atoms with Crippen molar-refractivity contribution in [1.82, 2.24) is 14.9 Å². The lowest BCUT2D eigenvalue weighted by Gasteiger charge is -2.28. The smallest absolute Gasteiger partial charge is 0.258 e. The van der Waals surface area contributed by atoms with Crippen LogP contribution >= 0.6 is 0 Å². The second kappa shape index (κ2) is 7.34. The monoisotopic (exact) mass is 318 g/mol. The van der Waals surface area contributed by atoms with E-state index in [4.69, 9.17) is 10.5 Å². The topological polar surface area (TPSA) is 101 Å². The van der Waals surface area contributed by atoms with E-state index < -0.39 is 6.04 Å². The van der Waals surface area contributed by atoms with Gasteiger partial charge in [0.25, 0.3) is 5.56 Å². The van der Waals surface area contributed by atoms with Crippen molar-refractivity contribution in [2.75, 3.05) is 13.7 Å². The van der Waals surface area contributed by atoms with Crippen LogP contribution in [0.1, 0.15) is 19.7 Å². The highest BCUT2D eigenvalue weighted by Crippen LogP contribution is 2.10. The summed E-state index contributed by atoms with van der Waals surface area (Å²) >= 11 is 0. The zero-order valence-corrected chi connectivity index (χ0v) is 13.6. The van der Waals surface area contributed by atoms with Crippen molar-refractivity contribution in [3.8, 4) is 0 Å². The van der Waals surface area contributed by atoms with E-state index in [1.54, 1.807) is 23.1 Å². The van der Waals surface area contributed by atoms with Crippen molar-refractivity contribution in [3.05, 3.63) is 40.4 Å². The number of carbonyl (C=O) groups is 1. The van der Waals surface area contributed by atoms with Crippen LogP contribution < -0.4 is 11.3 Å². The minimum Gasteiger partial charge on any atom is -0.383 e. The Hall–Kier alpha value is -2.25. The van der Waals surface area contributed by atoms with Gasteiger partial charge in [-0.25, -0.2) is 4.98 Å². The molecule has 1 amide bonds. The molecular formula is C16H22N4O3. The predicted octanol–water partition coefficient (Wildman–Crippen LogP) is 0.634. The molecule has 2 aromatic rings. The molecule has 1 heterocycles. The van der Waals surface area contributed by atoms with Gasteiger partial charge in [0, 0.05) is 13.2 Å². The number of aromatic nitrogens is 2. The molecule has 124 valence electrons. The Balaban J connectivity index is 2.30. The molecule has 3 N–H and O–H groups in total. The molecule has 0 aliphatic heterocycles. The Kier molecular flexibility index (Phi) is 5.46. The molecule has 0 radical (unpaired) electrons. The highest BCUT2D eigenvalue weighted by Gasteiger charge is 2.24. The Morgan fingerprint density at radius 3 is 2.74 bits per heavy atom. The summed E-state index contributed by atoms with van der Waals surface area (Å²) in [7, 11) is 1.50. The fourth-order valence-corrected chi connectivity index (χ4v) is 2.35. The van der Waals surface area contributed by atoms with Crippen LogP contribution in [0, 0.1) is 0 Å². The first-order valence-electron chi connectivity index (χ1n) is 7.47. The number of amides is 1. The fraction of sp³-hybridized carbons (Fsp3) is 0.438. The van der Waals surface area contributed by atoms with Crippen LogP contribution in [0.3, 0.4) is 0 Å². The maximum atomic E-state index is 12.4. The first kappa shape index (κ1) is 17.1. The van der Waals surface area contributed by atoms with E-state index in [2.05, 4.69) is 9.97 Å². The molecule has 0 aliphatic rings. The highest BCUT2D eigenvalue weighted by molar-refractivity contribution is 5.82. The molecule has 0 saturated heterocycles. The third-order valence-corrected chi connectivity index (χ3v) is 3.55. The number of nitrogens with zero attached hydrogens (tertiary/aromatic N) is 2. The van der Waals surface area contributed by atoms with Crippen molar-refractivity contribution in [2.24, 2.45) is 5.73 Å². The van der Waals surface area contributed by atoms with Crippen LogP contribution in [0.5, 0.6) is 0 Å². The number of aromatic amines is 1. The molecule has 1 aromatic heterocycles. The predicted molar refractivity (Wildman–Crippen MR) is 87.9 cm³/mol. The molecule has 0 fully saturated rings. The molecule has 7 heteroatoms. The zero-order chi connectivity index (χ0) is 17.0. The van der Waals surface area contributed by atoms with E-state index in [1.807, 2.05) is 19.9 Å². The van der Waals surface area contributed by atoms with Gasteiger partial charge in [0.05, 0.1) is 24.1 Å². The van der Waals surface area contributed by atoms with E-state index in [0.717, 1.165) is 0 Å². The van der Waals surface area contributed by atoms with Crippen molar-refractivity contribution in [1.29, 1.82) is 0 Å². The number of hydrogen-bond acceptors (Lipinski definition) is 5. The molecule has 0 bridgehead atoms. The summed E-state index contributed by atoms with van der Waals surface area (Å²) in [6.07, 6.45) is 0. The van der Waals surface area contributed by atoms with Crippen LogP contribution in [0.15, 0.2) is 29.1 Å². The second-order valence-electron chi connectivity index (χ2n) is 5.65. The van der Waals surface area contributed by atoms with Crippen LogP contribution in [-0.2, 0) is 16.1 Å². The summed E-state index contributed by atoms with van der Waals surface area (Å²) in [4.78, 5) is 33.3. The number of para-hydroxylation sites is 1. The number of hydrogen-bond donors (Lipinski definition) is 2. The average molecular weight is 318 g/mol. The summed E-state index contributed by atoms with van der Waals surface area (Å²) in [5, 5.41) is 0.523. The maximum Gasteiger partial charge on any atom is 0.258 e. The fourth-order valence-electron chi connectivity index (χ4n) is 2.35. The van der Waals surface area contributed by atoms with Crippen molar-refractivity contribution in [3.63, 3.8) is 0 Å². The van der Waals surface area contributed by atoms with Gasteiger partial charge in [-0.15, -0.1) is 0 Å². The Morgan fingerprint density at radius 1 is 1.39 bits per heavy atom. The SMILES string of the molecule is COCC(N)C(=O)N(Cc1nc2ccccc2c(=O)[nH]1)C(C)C. The molecule has 0 aliphatic carbocycles. The lowest BCUT2D eigenvalue weighted by atomic mass is 10.2. The Labute approximate surface area is 134 Å². The lowest BCUT2D eigenvalue weighted by Crippen LogP contribution is -2.48. The van der Waals surface area contributed by atoms with E-state index in [0.29, 0.717) is 16.7 Å². The minimum absolute atomic E-state index is 0.0813. The van der Waals surface area contributed by atoms with Gasteiger partial charge in [-0.2, -0.15) is 0 Å². The molecule has 2 rings (SSSR count). The summed E-state index contributed by atoms with van der Waals surface area (Å²) in [6, 6.07) is 6.26.